The molecule has 0 aliphatic rings. The van der Waals surface area contributed by atoms with Crippen molar-refractivity contribution >= 4 is 22.4 Å². The van der Waals surface area contributed by atoms with Crippen LogP contribution < -0.4 is 10.5 Å². The van der Waals surface area contributed by atoms with Crippen LogP contribution >= 0.6 is 11.3 Å². The van der Waals surface area contributed by atoms with Gasteiger partial charge in [-0.05, 0) is 24.1 Å². The first-order valence-electron chi connectivity index (χ1n) is 8.35. The average molecular weight is 368 g/mol. The molecule has 5 nitrogen and oxygen atoms in total. The number of hydrogen-bond acceptors (Lipinski definition) is 6. The van der Waals surface area contributed by atoms with E-state index in [9.17, 15) is 4.79 Å². The molecule has 3 aromatic rings. The highest BCUT2D eigenvalue weighted by Gasteiger charge is 2.22. The van der Waals surface area contributed by atoms with Crippen molar-refractivity contribution < 1.29 is 14.3 Å². The van der Waals surface area contributed by atoms with Crippen LogP contribution in [0.3, 0.4) is 0 Å². The summed E-state index contributed by atoms with van der Waals surface area (Å²) in [6, 6.07) is 17.0. The Morgan fingerprint density at radius 1 is 1.15 bits per heavy atom. The Bertz CT molecular complexity index is 864. The van der Waals surface area contributed by atoms with Crippen LogP contribution in [0.2, 0.25) is 0 Å². The van der Waals surface area contributed by atoms with Gasteiger partial charge in [0, 0.05) is 10.9 Å². The molecule has 1 unspecified atom stereocenters. The van der Waals surface area contributed by atoms with Crippen LogP contribution in [-0.2, 0) is 16.1 Å². The second-order valence-corrected chi connectivity index (χ2v) is 6.56. The molecule has 0 radical (unpaired) electrons. The third-order valence-electron chi connectivity index (χ3n) is 3.81. The highest BCUT2D eigenvalue weighted by Crippen LogP contribution is 2.32. The van der Waals surface area contributed by atoms with Crippen molar-refractivity contribution in [1.29, 1.82) is 0 Å². The molecule has 26 heavy (non-hydrogen) atoms. The van der Waals surface area contributed by atoms with Gasteiger partial charge >= 0.3 is 5.97 Å². The zero-order valence-corrected chi connectivity index (χ0v) is 15.2. The summed E-state index contributed by atoms with van der Waals surface area (Å²) in [7, 11) is 0. The van der Waals surface area contributed by atoms with Crippen LogP contribution in [0, 0.1) is 0 Å². The molecule has 0 amide bonds. The normalized spacial score (nSPS) is 11.7. The molecule has 134 valence electrons. The van der Waals surface area contributed by atoms with Gasteiger partial charge in [0.1, 0.15) is 12.4 Å². The molecule has 3 rings (SSSR count). The molecule has 0 aliphatic carbocycles. The van der Waals surface area contributed by atoms with E-state index in [1.807, 2.05) is 66.9 Å². The summed E-state index contributed by atoms with van der Waals surface area (Å²) in [5.41, 5.74) is 8.20. The van der Waals surface area contributed by atoms with E-state index < -0.39 is 6.10 Å². The highest BCUT2D eigenvalue weighted by atomic mass is 32.1. The Morgan fingerprint density at radius 3 is 2.58 bits per heavy atom. The topological polar surface area (TPSA) is 74.4 Å². The number of rotatable bonds is 7. The van der Waals surface area contributed by atoms with Crippen LogP contribution in [0.1, 0.15) is 18.9 Å². The maximum Gasteiger partial charge on any atom is 0.347 e. The minimum atomic E-state index is -0.684. The lowest BCUT2D eigenvalue weighted by atomic mass is 10.1. The molecule has 2 N–H and O–H groups in total. The van der Waals surface area contributed by atoms with Crippen molar-refractivity contribution in [3.05, 3.63) is 65.5 Å². The predicted octanol–water partition coefficient (Wildman–Crippen LogP) is 4.29. The Balaban J connectivity index is 1.71. The number of hydrogen-bond donors (Lipinski definition) is 1. The van der Waals surface area contributed by atoms with E-state index in [0.29, 0.717) is 17.3 Å². The first-order chi connectivity index (χ1) is 12.7. The highest BCUT2D eigenvalue weighted by molar-refractivity contribution is 7.13. The van der Waals surface area contributed by atoms with Crippen molar-refractivity contribution in [3.8, 4) is 17.0 Å². The van der Waals surface area contributed by atoms with E-state index in [1.54, 1.807) is 0 Å². The standard InChI is InChI=1S/C20H20N2O3S/c1-2-17(19(23)24-12-14-8-4-3-5-9-14)25-18-11-7-6-10-15(18)16-13-26-20(21)22-16/h3-11,13,17H,2,12H2,1H3,(H2,21,22). The molecule has 2 aromatic carbocycles. The Labute approximate surface area is 156 Å². The lowest BCUT2D eigenvalue weighted by Crippen LogP contribution is -2.28. The van der Waals surface area contributed by atoms with E-state index in [4.69, 9.17) is 15.2 Å². The van der Waals surface area contributed by atoms with Crippen molar-refractivity contribution in [3.63, 3.8) is 0 Å². The number of para-hydroxylation sites is 1. The van der Waals surface area contributed by atoms with Crippen LogP contribution in [0.25, 0.3) is 11.3 Å². The Morgan fingerprint density at radius 2 is 1.88 bits per heavy atom. The fourth-order valence-electron chi connectivity index (χ4n) is 2.47. The average Bonchev–Trinajstić information content (AvgIpc) is 3.11. The van der Waals surface area contributed by atoms with Gasteiger partial charge in [0.05, 0.1) is 5.69 Å². The van der Waals surface area contributed by atoms with Gasteiger partial charge in [0.15, 0.2) is 11.2 Å². The van der Waals surface area contributed by atoms with Gasteiger partial charge in [0.2, 0.25) is 0 Å². The molecule has 0 spiro atoms. The van der Waals surface area contributed by atoms with Gasteiger partial charge in [-0.1, -0.05) is 49.4 Å². The third-order valence-corrected chi connectivity index (χ3v) is 4.49. The molecule has 1 aromatic heterocycles. The number of aromatic nitrogens is 1. The molecule has 0 aliphatic heterocycles. The number of anilines is 1. The number of nitrogens with zero attached hydrogens (tertiary/aromatic N) is 1. The van der Waals surface area contributed by atoms with Gasteiger partial charge in [0.25, 0.3) is 0 Å². The molecule has 0 fully saturated rings. The van der Waals surface area contributed by atoms with Gasteiger partial charge in [-0.3, -0.25) is 0 Å². The van der Waals surface area contributed by atoms with Crippen LogP contribution in [-0.4, -0.2) is 17.1 Å². The van der Waals surface area contributed by atoms with E-state index in [1.165, 1.54) is 11.3 Å². The third kappa shape index (κ3) is 4.40. The number of carbonyl (C=O) groups excluding carboxylic acids is 1. The molecule has 1 atom stereocenters. The number of nitrogen functional groups attached to an aromatic ring is 1. The maximum atomic E-state index is 12.4. The van der Waals surface area contributed by atoms with Gasteiger partial charge in [-0.2, -0.15) is 0 Å². The lowest BCUT2D eigenvalue weighted by molar-refractivity contribution is -0.153. The first-order valence-corrected chi connectivity index (χ1v) is 9.23. The second-order valence-electron chi connectivity index (χ2n) is 5.68. The van der Waals surface area contributed by atoms with Crippen LogP contribution in [0.15, 0.2) is 60.0 Å². The largest absolute Gasteiger partial charge is 0.478 e. The lowest BCUT2D eigenvalue weighted by Gasteiger charge is -2.18. The van der Waals surface area contributed by atoms with Crippen LogP contribution in [0.4, 0.5) is 5.13 Å². The number of thiazole rings is 1. The zero-order chi connectivity index (χ0) is 18.4. The summed E-state index contributed by atoms with van der Waals surface area (Å²) >= 11 is 1.36. The fourth-order valence-corrected chi connectivity index (χ4v) is 3.03. The summed E-state index contributed by atoms with van der Waals surface area (Å²) in [4.78, 5) is 16.7. The van der Waals surface area contributed by atoms with Crippen molar-refractivity contribution in [2.45, 2.75) is 26.1 Å². The zero-order valence-electron chi connectivity index (χ0n) is 14.4. The monoisotopic (exact) mass is 368 g/mol. The summed E-state index contributed by atoms with van der Waals surface area (Å²) in [6.07, 6.45) is -0.183. The summed E-state index contributed by atoms with van der Waals surface area (Å²) in [5.74, 6) is 0.199. The number of nitrogens with two attached hydrogens (primary N) is 1. The number of benzene rings is 2. The molecule has 0 saturated heterocycles. The summed E-state index contributed by atoms with van der Waals surface area (Å²) < 4.78 is 11.4. The van der Waals surface area contributed by atoms with E-state index in [-0.39, 0.29) is 12.6 Å². The number of carbonyl (C=O) groups is 1. The minimum Gasteiger partial charge on any atom is -0.478 e. The molecule has 6 heteroatoms. The quantitative estimate of drug-likeness (QED) is 0.630. The molecular weight excluding hydrogens is 348 g/mol. The molecule has 0 bridgehead atoms. The Hall–Kier alpha value is -2.86. The SMILES string of the molecule is CCC(Oc1ccccc1-c1csc(N)n1)C(=O)OCc1ccccc1. The van der Waals surface area contributed by atoms with E-state index >= 15 is 0 Å². The van der Waals surface area contributed by atoms with Gasteiger partial charge in [-0.15, -0.1) is 11.3 Å². The van der Waals surface area contributed by atoms with Crippen LogP contribution in [0.5, 0.6) is 5.75 Å². The van der Waals surface area contributed by atoms with Crippen molar-refractivity contribution in [2.24, 2.45) is 0 Å². The van der Waals surface area contributed by atoms with Gasteiger partial charge < -0.3 is 15.2 Å². The predicted molar refractivity (Wildman–Crippen MR) is 103 cm³/mol. The van der Waals surface area contributed by atoms with E-state index in [0.717, 1.165) is 16.8 Å². The van der Waals surface area contributed by atoms with Gasteiger partial charge in [-0.25, -0.2) is 9.78 Å². The smallest absolute Gasteiger partial charge is 0.347 e. The first kappa shape index (κ1) is 17.9. The Kier molecular flexibility index (Phi) is 5.86. The minimum absolute atomic E-state index is 0.226. The molecule has 1 heterocycles. The summed E-state index contributed by atoms with van der Waals surface area (Å²) in [6.45, 7) is 2.11. The van der Waals surface area contributed by atoms with Crippen molar-refractivity contribution in [1.82, 2.24) is 4.98 Å². The fraction of sp³-hybridized carbons (Fsp3) is 0.200. The number of esters is 1. The van der Waals surface area contributed by atoms with Crippen molar-refractivity contribution in [2.75, 3.05) is 5.73 Å². The summed E-state index contributed by atoms with van der Waals surface area (Å²) in [5, 5.41) is 2.36. The second kappa shape index (κ2) is 8.49. The van der Waals surface area contributed by atoms with E-state index in [2.05, 4.69) is 4.98 Å². The maximum absolute atomic E-state index is 12.4. The molecule has 0 saturated carbocycles. The molecular formula is C20H20N2O3S. The number of ether oxygens (including phenoxy) is 2.